The number of aromatic nitrogens is 2. The Labute approximate surface area is 221 Å². The van der Waals surface area contributed by atoms with E-state index in [0.29, 0.717) is 40.5 Å². The van der Waals surface area contributed by atoms with Gasteiger partial charge in [0.25, 0.3) is 10.0 Å². The van der Waals surface area contributed by atoms with Crippen LogP contribution >= 0.6 is 0 Å². The summed E-state index contributed by atoms with van der Waals surface area (Å²) in [5.41, 5.74) is 1.81. The molecule has 0 radical (unpaired) electrons. The minimum atomic E-state index is -4.12. The van der Waals surface area contributed by atoms with Crippen molar-refractivity contribution in [1.82, 2.24) is 9.97 Å². The standard InChI is InChI=1S/C27H29N5O5S/c1-17(2)11-12-25(34)28-18-7-6-8-22(15-18)38(35,36)32-27-26(30-23-9-4-5-10-24(23)31-27)29-19-13-20(33)16-21(14-19)37-3/h4-10,13-17,33H,11-12H2,1-3H3,(H,28,34)(H,29,30)(H,31,32). The second-order valence-electron chi connectivity index (χ2n) is 9.07. The molecule has 4 aromatic rings. The molecular formula is C27H29N5O5S. The number of hydrogen-bond acceptors (Lipinski definition) is 8. The van der Waals surface area contributed by atoms with Crippen LogP contribution < -0.4 is 20.1 Å². The Morgan fingerprint density at radius 2 is 1.66 bits per heavy atom. The molecule has 198 valence electrons. The third kappa shape index (κ3) is 6.68. The molecule has 1 aromatic heterocycles. The molecule has 0 aliphatic carbocycles. The maximum Gasteiger partial charge on any atom is 0.263 e. The van der Waals surface area contributed by atoms with Crippen LogP contribution in [0.3, 0.4) is 0 Å². The largest absolute Gasteiger partial charge is 0.508 e. The van der Waals surface area contributed by atoms with Gasteiger partial charge in [-0.25, -0.2) is 18.4 Å². The fraction of sp³-hybridized carbons (Fsp3) is 0.222. The van der Waals surface area contributed by atoms with E-state index in [4.69, 9.17) is 4.74 Å². The van der Waals surface area contributed by atoms with Crippen molar-refractivity contribution in [3.8, 4) is 11.5 Å². The Morgan fingerprint density at radius 3 is 2.34 bits per heavy atom. The highest BCUT2D eigenvalue weighted by Gasteiger charge is 2.20. The smallest absolute Gasteiger partial charge is 0.263 e. The topological polar surface area (TPSA) is 143 Å². The van der Waals surface area contributed by atoms with Gasteiger partial charge in [0.15, 0.2) is 11.6 Å². The summed E-state index contributed by atoms with van der Waals surface area (Å²) in [4.78, 5) is 21.2. The summed E-state index contributed by atoms with van der Waals surface area (Å²) < 4.78 is 34.5. The van der Waals surface area contributed by atoms with Gasteiger partial charge in [-0.1, -0.05) is 32.0 Å². The van der Waals surface area contributed by atoms with E-state index < -0.39 is 10.0 Å². The number of rotatable bonds is 10. The number of aromatic hydroxyl groups is 1. The van der Waals surface area contributed by atoms with Crippen molar-refractivity contribution in [2.75, 3.05) is 22.5 Å². The summed E-state index contributed by atoms with van der Waals surface area (Å²) in [6, 6.07) is 17.5. The fourth-order valence-electron chi connectivity index (χ4n) is 3.64. The van der Waals surface area contributed by atoms with E-state index in [0.717, 1.165) is 6.42 Å². The molecule has 0 aliphatic heterocycles. The zero-order chi connectivity index (χ0) is 27.3. The lowest BCUT2D eigenvalue weighted by Gasteiger charge is -2.15. The number of carbonyl (C=O) groups is 1. The minimum absolute atomic E-state index is 0.0441. The zero-order valence-electron chi connectivity index (χ0n) is 21.2. The van der Waals surface area contributed by atoms with Crippen molar-refractivity contribution >= 4 is 50.0 Å². The van der Waals surface area contributed by atoms with Crippen molar-refractivity contribution in [2.45, 2.75) is 31.6 Å². The van der Waals surface area contributed by atoms with Crippen LogP contribution in [-0.2, 0) is 14.8 Å². The van der Waals surface area contributed by atoms with Gasteiger partial charge in [-0.05, 0) is 42.7 Å². The Balaban J connectivity index is 1.65. The van der Waals surface area contributed by atoms with Gasteiger partial charge in [-0.15, -0.1) is 0 Å². The lowest BCUT2D eigenvalue weighted by atomic mass is 10.1. The average Bonchev–Trinajstić information content (AvgIpc) is 2.87. The van der Waals surface area contributed by atoms with Crippen LogP contribution in [0, 0.1) is 5.92 Å². The Morgan fingerprint density at radius 1 is 0.947 bits per heavy atom. The Kier molecular flexibility index (Phi) is 7.96. The monoisotopic (exact) mass is 535 g/mol. The van der Waals surface area contributed by atoms with E-state index >= 15 is 0 Å². The number of benzene rings is 3. The van der Waals surface area contributed by atoms with Crippen LogP contribution in [0.15, 0.2) is 71.6 Å². The fourth-order valence-corrected chi connectivity index (χ4v) is 4.69. The second-order valence-corrected chi connectivity index (χ2v) is 10.8. The number of nitrogens with zero attached hydrogens (tertiary/aromatic N) is 2. The molecule has 0 fully saturated rings. The van der Waals surface area contributed by atoms with Crippen LogP contribution in [0.2, 0.25) is 0 Å². The molecule has 38 heavy (non-hydrogen) atoms. The highest BCUT2D eigenvalue weighted by atomic mass is 32.2. The van der Waals surface area contributed by atoms with Gasteiger partial charge in [-0.2, -0.15) is 0 Å². The van der Waals surface area contributed by atoms with E-state index in [9.17, 15) is 18.3 Å². The van der Waals surface area contributed by atoms with Crippen molar-refractivity contribution in [1.29, 1.82) is 0 Å². The van der Waals surface area contributed by atoms with Crippen molar-refractivity contribution in [3.63, 3.8) is 0 Å². The van der Waals surface area contributed by atoms with Gasteiger partial charge < -0.3 is 20.5 Å². The van der Waals surface area contributed by atoms with Crippen LogP contribution in [0.25, 0.3) is 11.0 Å². The number of ether oxygens (including phenoxy) is 1. The quantitative estimate of drug-likeness (QED) is 0.215. The first kappa shape index (κ1) is 26.7. The number of para-hydroxylation sites is 2. The number of fused-ring (bicyclic) bond motifs is 1. The number of carbonyl (C=O) groups excluding carboxylic acids is 1. The summed E-state index contributed by atoms with van der Waals surface area (Å²) in [6.07, 6.45) is 1.07. The minimum Gasteiger partial charge on any atom is -0.508 e. The molecule has 0 saturated heterocycles. The molecule has 4 N–H and O–H groups in total. The number of amides is 1. The first-order valence-electron chi connectivity index (χ1n) is 12.0. The highest BCUT2D eigenvalue weighted by Crippen LogP contribution is 2.31. The average molecular weight is 536 g/mol. The number of sulfonamides is 1. The molecule has 0 spiro atoms. The lowest BCUT2D eigenvalue weighted by molar-refractivity contribution is -0.116. The maximum atomic E-state index is 13.4. The molecule has 1 heterocycles. The van der Waals surface area contributed by atoms with Gasteiger partial charge in [0.1, 0.15) is 11.5 Å². The van der Waals surface area contributed by atoms with Crippen molar-refractivity contribution in [2.24, 2.45) is 5.92 Å². The number of anilines is 4. The normalized spacial score (nSPS) is 11.4. The first-order valence-corrected chi connectivity index (χ1v) is 13.5. The van der Waals surface area contributed by atoms with E-state index in [1.165, 1.54) is 31.4 Å². The number of methoxy groups -OCH3 is 1. The summed E-state index contributed by atoms with van der Waals surface area (Å²) >= 11 is 0. The van der Waals surface area contributed by atoms with Gasteiger partial charge in [0, 0.05) is 36.0 Å². The molecule has 0 unspecified atom stereocenters. The summed E-state index contributed by atoms with van der Waals surface area (Å²) in [7, 11) is -2.65. The van der Waals surface area contributed by atoms with Crippen molar-refractivity contribution in [3.05, 3.63) is 66.7 Å². The molecule has 0 atom stereocenters. The molecule has 0 bridgehead atoms. The van der Waals surface area contributed by atoms with Gasteiger partial charge >= 0.3 is 0 Å². The molecule has 1 amide bonds. The molecule has 4 rings (SSSR count). The summed E-state index contributed by atoms with van der Waals surface area (Å²) in [6.45, 7) is 4.06. The van der Waals surface area contributed by atoms with Gasteiger partial charge in [0.2, 0.25) is 5.91 Å². The zero-order valence-corrected chi connectivity index (χ0v) is 22.0. The van der Waals surface area contributed by atoms with E-state index in [2.05, 4.69) is 25.3 Å². The van der Waals surface area contributed by atoms with E-state index in [1.54, 1.807) is 42.5 Å². The van der Waals surface area contributed by atoms with E-state index in [-0.39, 0.29) is 28.2 Å². The van der Waals surface area contributed by atoms with Crippen LogP contribution in [-0.4, -0.2) is 36.5 Å². The molecule has 11 heteroatoms. The molecule has 3 aromatic carbocycles. The van der Waals surface area contributed by atoms with Gasteiger partial charge in [-0.3, -0.25) is 9.52 Å². The number of phenolic OH excluding ortho intramolecular Hbond substituents is 1. The molecule has 10 nitrogen and oxygen atoms in total. The van der Waals surface area contributed by atoms with E-state index in [1.807, 2.05) is 13.8 Å². The SMILES string of the molecule is COc1cc(O)cc(Nc2nc3ccccc3nc2NS(=O)(=O)c2cccc(NC(=O)CCC(C)C)c2)c1. The molecule has 0 saturated carbocycles. The van der Waals surface area contributed by atoms with Crippen molar-refractivity contribution < 1.29 is 23.1 Å². The highest BCUT2D eigenvalue weighted by molar-refractivity contribution is 7.92. The number of nitrogens with one attached hydrogen (secondary N) is 3. The Bertz CT molecular complexity index is 1570. The lowest BCUT2D eigenvalue weighted by Crippen LogP contribution is -2.17. The van der Waals surface area contributed by atoms with Crippen LogP contribution in [0.4, 0.5) is 23.0 Å². The summed E-state index contributed by atoms with van der Waals surface area (Å²) in [5, 5.41) is 15.8. The maximum absolute atomic E-state index is 13.4. The third-order valence-corrected chi connectivity index (χ3v) is 6.90. The Hall–Kier alpha value is -4.38. The van der Waals surface area contributed by atoms with Crippen LogP contribution in [0.5, 0.6) is 11.5 Å². The number of hydrogen-bond donors (Lipinski definition) is 4. The van der Waals surface area contributed by atoms with Crippen LogP contribution in [0.1, 0.15) is 26.7 Å². The predicted octanol–water partition coefficient (Wildman–Crippen LogP) is 5.26. The number of phenols is 1. The van der Waals surface area contributed by atoms with Gasteiger partial charge in [0.05, 0.1) is 23.0 Å². The third-order valence-electron chi connectivity index (χ3n) is 5.57. The first-order chi connectivity index (χ1) is 18.1. The molecule has 0 aliphatic rings. The predicted molar refractivity (Wildman–Crippen MR) is 147 cm³/mol. The summed E-state index contributed by atoms with van der Waals surface area (Å²) in [5.74, 6) is 0.624. The second kappa shape index (κ2) is 11.3. The molecular weight excluding hydrogens is 506 g/mol.